The summed E-state index contributed by atoms with van der Waals surface area (Å²) in [5.74, 6) is 0.258. The van der Waals surface area contributed by atoms with Gasteiger partial charge in [0.15, 0.2) is 0 Å². The molecule has 2 rings (SSSR count). The molecule has 2 heterocycles. The van der Waals surface area contributed by atoms with Crippen molar-refractivity contribution < 1.29 is 27.4 Å². The number of halogens is 3. The highest BCUT2D eigenvalue weighted by Crippen LogP contribution is 2.37. The van der Waals surface area contributed by atoms with Crippen molar-refractivity contribution in [3.63, 3.8) is 0 Å². The lowest BCUT2D eigenvalue weighted by Crippen LogP contribution is -2.49. The monoisotopic (exact) mass is 311 g/mol. The lowest BCUT2D eigenvalue weighted by Gasteiger charge is -2.40. The molecule has 124 valence electrons. The third-order valence-electron chi connectivity index (χ3n) is 4.20. The minimum absolute atomic E-state index is 0.0706. The predicted octanol–water partition coefficient (Wildman–Crippen LogP) is 2.13. The maximum absolute atomic E-state index is 12.2. The van der Waals surface area contributed by atoms with E-state index in [1.165, 1.54) is 0 Å². The first-order chi connectivity index (χ1) is 9.94. The Kier molecular flexibility index (Phi) is 5.88. The fourth-order valence-electron chi connectivity index (χ4n) is 3.20. The van der Waals surface area contributed by atoms with E-state index in [0.29, 0.717) is 26.4 Å². The fourth-order valence-corrected chi connectivity index (χ4v) is 3.20. The van der Waals surface area contributed by atoms with Crippen LogP contribution in [-0.2, 0) is 14.2 Å². The minimum Gasteiger partial charge on any atom is -0.378 e. The molecule has 7 heteroatoms. The van der Waals surface area contributed by atoms with E-state index in [1.807, 2.05) is 6.92 Å². The molecule has 0 amide bonds. The number of hydrogen-bond donors (Lipinski definition) is 1. The summed E-state index contributed by atoms with van der Waals surface area (Å²) in [4.78, 5) is 0. The number of alkyl halides is 3. The molecule has 0 aromatic heterocycles. The highest BCUT2D eigenvalue weighted by atomic mass is 19.4. The van der Waals surface area contributed by atoms with Gasteiger partial charge in [0.25, 0.3) is 0 Å². The van der Waals surface area contributed by atoms with Crippen LogP contribution in [0.25, 0.3) is 0 Å². The molecule has 0 aromatic rings. The van der Waals surface area contributed by atoms with Crippen LogP contribution in [0.4, 0.5) is 13.2 Å². The van der Waals surface area contributed by atoms with Crippen LogP contribution in [0.3, 0.4) is 0 Å². The molecule has 21 heavy (non-hydrogen) atoms. The Morgan fingerprint density at radius 2 is 2.19 bits per heavy atom. The van der Waals surface area contributed by atoms with Crippen LogP contribution in [0.1, 0.15) is 26.2 Å². The number of nitrogens with one attached hydrogen (secondary N) is 1. The van der Waals surface area contributed by atoms with E-state index in [4.69, 9.17) is 14.2 Å². The molecule has 0 aromatic carbocycles. The molecule has 0 bridgehead atoms. The molecular weight excluding hydrogens is 287 g/mol. The summed E-state index contributed by atoms with van der Waals surface area (Å²) in [6.07, 6.45) is -1.74. The number of likely N-dealkylation sites (N-methyl/N-ethyl adjacent to an activating group) is 1. The van der Waals surface area contributed by atoms with Crippen LogP contribution in [0.5, 0.6) is 0 Å². The number of rotatable bonds is 6. The van der Waals surface area contributed by atoms with Crippen molar-refractivity contribution in [2.24, 2.45) is 5.92 Å². The Hall–Kier alpha value is -0.370. The first-order valence-corrected chi connectivity index (χ1v) is 7.54. The summed E-state index contributed by atoms with van der Waals surface area (Å²) >= 11 is 0. The molecule has 2 aliphatic rings. The van der Waals surface area contributed by atoms with Gasteiger partial charge in [0, 0.05) is 25.7 Å². The van der Waals surface area contributed by atoms with E-state index in [0.717, 1.165) is 19.3 Å². The molecule has 0 aliphatic carbocycles. The lowest BCUT2D eigenvalue weighted by molar-refractivity contribution is -0.177. The van der Waals surface area contributed by atoms with Crippen molar-refractivity contribution in [2.45, 2.75) is 44.0 Å². The van der Waals surface area contributed by atoms with Crippen LogP contribution in [0.15, 0.2) is 0 Å². The van der Waals surface area contributed by atoms with Gasteiger partial charge < -0.3 is 19.5 Å². The van der Waals surface area contributed by atoms with Gasteiger partial charge in [0.2, 0.25) is 0 Å². The average Bonchev–Trinajstić information content (AvgIpc) is 2.84. The SMILES string of the molecule is CCNC(COCC(F)(F)F)C1CCOC2(CCOC2)C1. The zero-order valence-corrected chi connectivity index (χ0v) is 12.4. The molecule has 3 atom stereocenters. The normalized spacial score (nSPS) is 31.7. The second-order valence-corrected chi connectivity index (χ2v) is 5.88. The quantitative estimate of drug-likeness (QED) is 0.816. The zero-order chi connectivity index (χ0) is 15.3. The van der Waals surface area contributed by atoms with Crippen molar-refractivity contribution in [3.8, 4) is 0 Å². The summed E-state index contributed by atoms with van der Waals surface area (Å²) in [6, 6.07) is -0.0706. The van der Waals surface area contributed by atoms with Crippen LogP contribution >= 0.6 is 0 Å². The summed E-state index contributed by atoms with van der Waals surface area (Å²) in [7, 11) is 0. The van der Waals surface area contributed by atoms with Crippen molar-refractivity contribution in [2.75, 3.05) is 39.6 Å². The van der Waals surface area contributed by atoms with Crippen LogP contribution < -0.4 is 5.32 Å². The van der Waals surface area contributed by atoms with E-state index in [-0.39, 0.29) is 24.2 Å². The predicted molar refractivity (Wildman–Crippen MR) is 71.2 cm³/mol. The van der Waals surface area contributed by atoms with Gasteiger partial charge in [-0.2, -0.15) is 13.2 Å². The second kappa shape index (κ2) is 7.26. The molecule has 3 unspecified atom stereocenters. The molecular formula is C14H24F3NO3. The van der Waals surface area contributed by atoms with E-state index >= 15 is 0 Å². The highest BCUT2D eigenvalue weighted by Gasteiger charge is 2.43. The van der Waals surface area contributed by atoms with Crippen LogP contribution in [0.2, 0.25) is 0 Å². The van der Waals surface area contributed by atoms with Crippen molar-refractivity contribution >= 4 is 0 Å². The van der Waals surface area contributed by atoms with Gasteiger partial charge in [0.05, 0.1) is 18.8 Å². The molecule has 2 fully saturated rings. The van der Waals surface area contributed by atoms with Crippen LogP contribution in [-0.4, -0.2) is 57.4 Å². The summed E-state index contributed by atoms with van der Waals surface area (Å²) in [5, 5.41) is 3.26. The maximum Gasteiger partial charge on any atom is 0.411 e. The molecule has 2 saturated heterocycles. The number of ether oxygens (including phenoxy) is 3. The Labute approximate surface area is 123 Å². The zero-order valence-electron chi connectivity index (χ0n) is 12.4. The molecule has 2 aliphatic heterocycles. The second-order valence-electron chi connectivity index (χ2n) is 5.88. The average molecular weight is 311 g/mol. The van der Waals surface area contributed by atoms with E-state index < -0.39 is 12.8 Å². The molecule has 0 saturated carbocycles. The van der Waals surface area contributed by atoms with E-state index in [2.05, 4.69) is 5.32 Å². The minimum atomic E-state index is -4.27. The Morgan fingerprint density at radius 3 is 2.81 bits per heavy atom. The van der Waals surface area contributed by atoms with Crippen molar-refractivity contribution in [3.05, 3.63) is 0 Å². The Balaban J connectivity index is 1.87. The van der Waals surface area contributed by atoms with Gasteiger partial charge in [-0.25, -0.2) is 0 Å². The Morgan fingerprint density at radius 1 is 1.38 bits per heavy atom. The third kappa shape index (κ3) is 5.09. The van der Waals surface area contributed by atoms with Crippen molar-refractivity contribution in [1.82, 2.24) is 5.32 Å². The van der Waals surface area contributed by atoms with Gasteiger partial charge in [-0.05, 0) is 25.3 Å². The lowest BCUT2D eigenvalue weighted by atomic mass is 9.81. The van der Waals surface area contributed by atoms with Gasteiger partial charge in [-0.3, -0.25) is 0 Å². The summed E-state index contributed by atoms with van der Waals surface area (Å²) in [6.45, 7) is 3.47. The summed E-state index contributed by atoms with van der Waals surface area (Å²) in [5.41, 5.74) is -0.236. The van der Waals surface area contributed by atoms with Crippen molar-refractivity contribution in [1.29, 1.82) is 0 Å². The van der Waals surface area contributed by atoms with Gasteiger partial charge in [0.1, 0.15) is 6.61 Å². The molecule has 1 spiro atoms. The topological polar surface area (TPSA) is 39.7 Å². The Bertz CT molecular complexity index is 319. The smallest absolute Gasteiger partial charge is 0.378 e. The molecule has 0 radical (unpaired) electrons. The number of hydrogen-bond acceptors (Lipinski definition) is 4. The highest BCUT2D eigenvalue weighted by molar-refractivity contribution is 4.93. The molecule has 1 N–H and O–H groups in total. The summed E-state index contributed by atoms with van der Waals surface area (Å²) < 4.78 is 52.7. The third-order valence-corrected chi connectivity index (χ3v) is 4.20. The molecule has 4 nitrogen and oxygen atoms in total. The van der Waals surface area contributed by atoms with Gasteiger partial charge in [-0.15, -0.1) is 0 Å². The van der Waals surface area contributed by atoms with Gasteiger partial charge >= 0.3 is 6.18 Å². The largest absolute Gasteiger partial charge is 0.411 e. The van der Waals surface area contributed by atoms with Gasteiger partial charge in [-0.1, -0.05) is 6.92 Å². The fraction of sp³-hybridized carbons (Fsp3) is 1.00. The van der Waals surface area contributed by atoms with Crippen LogP contribution in [0, 0.1) is 5.92 Å². The first kappa shape index (κ1) is 17.0. The van der Waals surface area contributed by atoms with E-state index in [1.54, 1.807) is 0 Å². The maximum atomic E-state index is 12.2. The van der Waals surface area contributed by atoms with E-state index in [9.17, 15) is 13.2 Å². The first-order valence-electron chi connectivity index (χ1n) is 7.54. The standard InChI is InChI=1S/C14H24F3NO3/c1-2-18-12(8-20-10-14(15,16)17)11-3-5-21-13(7-11)4-6-19-9-13/h11-12,18H,2-10H2,1H3.